The van der Waals surface area contributed by atoms with Gasteiger partial charge in [-0.15, -0.1) is 0 Å². The lowest BCUT2D eigenvalue weighted by molar-refractivity contribution is 0.102. The summed E-state index contributed by atoms with van der Waals surface area (Å²) < 4.78 is 13.3. The normalized spacial score (nSPS) is 10.8. The van der Waals surface area contributed by atoms with E-state index in [0.717, 1.165) is 22.2 Å². The number of benzene rings is 1. The number of aromatic nitrogens is 3. The lowest BCUT2D eigenvalue weighted by atomic mass is 10.1. The van der Waals surface area contributed by atoms with Crippen LogP contribution in [0.2, 0.25) is 0 Å². The number of nitrogens with one attached hydrogen (secondary N) is 2. The van der Waals surface area contributed by atoms with Gasteiger partial charge in [-0.2, -0.15) is 0 Å². The van der Waals surface area contributed by atoms with Crippen LogP contribution in [0.5, 0.6) is 0 Å². The largest absolute Gasteiger partial charge is 0.346 e. The molecule has 25 heavy (non-hydrogen) atoms. The summed E-state index contributed by atoms with van der Waals surface area (Å²) in [6.07, 6.45) is 5.21. The molecule has 0 saturated carbocycles. The Labute approximate surface area is 142 Å². The van der Waals surface area contributed by atoms with Gasteiger partial charge in [-0.1, -0.05) is 6.07 Å². The summed E-state index contributed by atoms with van der Waals surface area (Å²) in [5.41, 5.74) is 2.89. The van der Waals surface area contributed by atoms with Gasteiger partial charge in [-0.05, 0) is 48.0 Å². The number of carbonyl (C=O) groups excluding carboxylic acids is 1. The molecule has 3 aromatic heterocycles. The summed E-state index contributed by atoms with van der Waals surface area (Å²) in [6.45, 7) is 0. The molecule has 6 heteroatoms. The van der Waals surface area contributed by atoms with E-state index in [1.807, 2.05) is 24.4 Å². The number of anilines is 1. The molecular formula is C19H13FN4O. The van der Waals surface area contributed by atoms with Gasteiger partial charge in [0.15, 0.2) is 0 Å². The number of amides is 1. The Morgan fingerprint density at radius 1 is 1.04 bits per heavy atom. The van der Waals surface area contributed by atoms with Crippen LogP contribution in [-0.2, 0) is 0 Å². The molecule has 2 N–H and O–H groups in total. The maximum absolute atomic E-state index is 13.3. The molecule has 0 radical (unpaired) electrons. The third-order valence-corrected chi connectivity index (χ3v) is 3.85. The molecule has 0 bridgehead atoms. The van der Waals surface area contributed by atoms with Gasteiger partial charge in [0.1, 0.15) is 17.3 Å². The Bertz CT molecular complexity index is 1070. The van der Waals surface area contributed by atoms with E-state index in [9.17, 15) is 9.18 Å². The molecule has 1 amide bonds. The van der Waals surface area contributed by atoms with Crippen LogP contribution in [-0.4, -0.2) is 20.9 Å². The van der Waals surface area contributed by atoms with Gasteiger partial charge in [-0.3, -0.25) is 4.79 Å². The molecule has 0 spiro atoms. The molecule has 0 atom stereocenters. The van der Waals surface area contributed by atoms with Crippen molar-refractivity contribution in [3.05, 3.63) is 78.5 Å². The topological polar surface area (TPSA) is 70.7 Å². The number of pyridine rings is 2. The number of nitrogens with zero attached hydrogens (tertiary/aromatic N) is 2. The Morgan fingerprint density at radius 3 is 2.84 bits per heavy atom. The number of aromatic amines is 1. The van der Waals surface area contributed by atoms with Crippen LogP contribution >= 0.6 is 0 Å². The van der Waals surface area contributed by atoms with Crippen LogP contribution < -0.4 is 5.32 Å². The second-order valence-corrected chi connectivity index (χ2v) is 5.50. The highest BCUT2D eigenvalue weighted by molar-refractivity contribution is 6.04. The van der Waals surface area contributed by atoms with E-state index in [2.05, 4.69) is 20.3 Å². The van der Waals surface area contributed by atoms with Gasteiger partial charge in [0.25, 0.3) is 5.91 Å². The molecule has 0 unspecified atom stereocenters. The summed E-state index contributed by atoms with van der Waals surface area (Å²) in [4.78, 5) is 23.8. The first-order valence-electron chi connectivity index (χ1n) is 7.66. The van der Waals surface area contributed by atoms with Crippen molar-refractivity contribution >= 4 is 22.8 Å². The maximum atomic E-state index is 13.3. The van der Waals surface area contributed by atoms with Crippen molar-refractivity contribution in [2.45, 2.75) is 0 Å². The van der Waals surface area contributed by atoms with Crippen molar-refractivity contribution in [1.82, 2.24) is 15.0 Å². The lowest BCUT2D eigenvalue weighted by Gasteiger charge is -2.06. The first-order chi connectivity index (χ1) is 12.2. The zero-order chi connectivity index (χ0) is 17.2. The van der Waals surface area contributed by atoms with Crippen LogP contribution in [0.1, 0.15) is 10.4 Å². The van der Waals surface area contributed by atoms with Crippen molar-refractivity contribution in [2.75, 3.05) is 5.32 Å². The van der Waals surface area contributed by atoms with E-state index in [1.165, 1.54) is 18.2 Å². The maximum Gasteiger partial charge on any atom is 0.256 e. The average molecular weight is 332 g/mol. The highest BCUT2D eigenvalue weighted by Crippen LogP contribution is 2.28. The Morgan fingerprint density at radius 2 is 1.96 bits per heavy atom. The zero-order valence-corrected chi connectivity index (χ0v) is 13.0. The van der Waals surface area contributed by atoms with Crippen LogP contribution in [0.25, 0.3) is 22.2 Å². The molecule has 4 rings (SSSR count). The SMILES string of the molecule is O=C(Nc1cc(-c2c[nH]c3ncccc23)ccn1)c1cccc(F)c1. The van der Waals surface area contributed by atoms with E-state index in [-0.39, 0.29) is 5.56 Å². The third-order valence-electron chi connectivity index (χ3n) is 3.85. The number of hydrogen-bond acceptors (Lipinski definition) is 3. The summed E-state index contributed by atoms with van der Waals surface area (Å²) >= 11 is 0. The Kier molecular flexibility index (Phi) is 3.70. The number of halogens is 1. The van der Waals surface area contributed by atoms with Crippen LogP contribution in [0.4, 0.5) is 10.2 Å². The fraction of sp³-hybridized carbons (Fsp3) is 0. The highest BCUT2D eigenvalue weighted by atomic mass is 19.1. The van der Waals surface area contributed by atoms with Crippen molar-refractivity contribution in [3.63, 3.8) is 0 Å². The minimum atomic E-state index is -0.458. The number of fused-ring (bicyclic) bond motifs is 1. The van der Waals surface area contributed by atoms with E-state index >= 15 is 0 Å². The summed E-state index contributed by atoms with van der Waals surface area (Å²) in [7, 11) is 0. The second kappa shape index (κ2) is 6.16. The van der Waals surface area contributed by atoms with Crippen LogP contribution in [0, 0.1) is 5.82 Å². The molecule has 4 aromatic rings. The molecule has 5 nitrogen and oxygen atoms in total. The van der Waals surface area contributed by atoms with E-state index in [4.69, 9.17) is 0 Å². The monoisotopic (exact) mass is 332 g/mol. The molecule has 0 aliphatic heterocycles. The second-order valence-electron chi connectivity index (χ2n) is 5.50. The van der Waals surface area contributed by atoms with E-state index < -0.39 is 11.7 Å². The number of rotatable bonds is 3. The minimum Gasteiger partial charge on any atom is -0.346 e. The van der Waals surface area contributed by atoms with Crippen molar-refractivity contribution < 1.29 is 9.18 Å². The van der Waals surface area contributed by atoms with Gasteiger partial charge in [0, 0.05) is 35.1 Å². The number of hydrogen-bond donors (Lipinski definition) is 2. The molecule has 3 heterocycles. The smallest absolute Gasteiger partial charge is 0.256 e. The zero-order valence-electron chi connectivity index (χ0n) is 13.0. The van der Waals surface area contributed by atoms with E-state index in [0.29, 0.717) is 5.82 Å². The van der Waals surface area contributed by atoms with Crippen molar-refractivity contribution in [3.8, 4) is 11.1 Å². The van der Waals surface area contributed by atoms with Gasteiger partial charge in [0.05, 0.1) is 0 Å². The molecule has 0 saturated heterocycles. The predicted molar refractivity (Wildman–Crippen MR) is 93.7 cm³/mol. The summed E-state index contributed by atoms with van der Waals surface area (Å²) in [5, 5.41) is 3.68. The Hall–Kier alpha value is -3.54. The highest BCUT2D eigenvalue weighted by Gasteiger charge is 2.10. The van der Waals surface area contributed by atoms with Crippen LogP contribution in [0.3, 0.4) is 0 Å². The predicted octanol–water partition coefficient (Wildman–Crippen LogP) is 4.02. The van der Waals surface area contributed by atoms with Gasteiger partial charge >= 0.3 is 0 Å². The van der Waals surface area contributed by atoms with Crippen molar-refractivity contribution in [2.24, 2.45) is 0 Å². The molecule has 0 aliphatic rings. The Balaban J connectivity index is 1.65. The fourth-order valence-electron chi connectivity index (χ4n) is 2.68. The van der Waals surface area contributed by atoms with E-state index in [1.54, 1.807) is 24.5 Å². The van der Waals surface area contributed by atoms with Gasteiger partial charge in [-0.25, -0.2) is 14.4 Å². The average Bonchev–Trinajstić information content (AvgIpc) is 3.06. The number of carbonyl (C=O) groups is 1. The van der Waals surface area contributed by atoms with Gasteiger partial charge in [0.2, 0.25) is 0 Å². The summed E-state index contributed by atoms with van der Waals surface area (Å²) in [6, 6.07) is 13.0. The quantitative estimate of drug-likeness (QED) is 0.595. The standard InChI is InChI=1S/C19H13FN4O/c20-14-4-1-3-13(9-14)19(25)24-17-10-12(6-8-21-17)16-11-23-18-15(16)5-2-7-22-18/h1-11H,(H,22,23)(H,21,24,25). The third kappa shape index (κ3) is 2.97. The first kappa shape index (κ1) is 15.0. The summed E-state index contributed by atoms with van der Waals surface area (Å²) in [5.74, 6) is -0.476. The molecule has 0 fully saturated rings. The fourth-order valence-corrected chi connectivity index (χ4v) is 2.68. The molecule has 122 valence electrons. The number of H-pyrrole nitrogens is 1. The molecule has 1 aromatic carbocycles. The minimum absolute atomic E-state index is 0.239. The molecular weight excluding hydrogens is 319 g/mol. The molecule has 0 aliphatic carbocycles. The first-order valence-corrected chi connectivity index (χ1v) is 7.66. The van der Waals surface area contributed by atoms with Crippen LogP contribution in [0.15, 0.2) is 67.1 Å². The van der Waals surface area contributed by atoms with Crippen molar-refractivity contribution in [1.29, 1.82) is 0 Å². The van der Waals surface area contributed by atoms with Gasteiger partial charge < -0.3 is 10.3 Å². The lowest BCUT2D eigenvalue weighted by Crippen LogP contribution is -2.13.